The minimum atomic E-state index is 0.352. The molecule has 1 aliphatic heterocycles. The van der Waals surface area contributed by atoms with E-state index in [1.54, 1.807) is 0 Å². The second-order valence-electron chi connectivity index (χ2n) is 2.93. The Bertz CT molecular complexity index is 306. The third-order valence-corrected chi connectivity index (χ3v) is 2.95. The van der Waals surface area contributed by atoms with Gasteiger partial charge in [-0.2, -0.15) is 0 Å². The van der Waals surface area contributed by atoms with Crippen LogP contribution in [0.15, 0.2) is 29.3 Å². The fourth-order valence-corrected chi connectivity index (χ4v) is 2.19. The Morgan fingerprint density at radius 2 is 2.42 bits per heavy atom. The van der Waals surface area contributed by atoms with E-state index in [-0.39, 0.29) is 0 Å². The van der Waals surface area contributed by atoms with E-state index in [0.717, 1.165) is 5.75 Å². The van der Waals surface area contributed by atoms with Crippen molar-refractivity contribution in [2.75, 3.05) is 5.75 Å². The Balaban J connectivity index is 2.27. The highest BCUT2D eigenvalue weighted by atomic mass is 32.2. The first-order valence-corrected chi connectivity index (χ1v) is 5.11. The summed E-state index contributed by atoms with van der Waals surface area (Å²) in [6.07, 6.45) is 2.00. The van der Waals surface area contributed by atoms with Crippen LogP contribution in [0.4, 0.5) is 0 Å². The summed E-state index contributed by atoms with van der Waals surface area (Å²) in [4.78, 5) is 4.38. The highest BCUT2D eigenvalue weighted by Crippen LogP contribution is 2.33. The number of aryl methyl sites for hydroxylation is 1. The van der Waals surface area contributed by atoms with Gasteiger partial charge in [0.25, 0.3) is 0 Å². The Morgan fingerprint density at radius 1 is 1.50 bits per heavy atom. The van der Waals surface area contributed by atoms with Crippen LogP contribution in [0.5, 0.6) is 0 Å². The lowest BCUT2D eigenvalue weighted by molar-refractivity contribution is 1.05. The van der Waals surface area contributed by atoms with Crippen LogP contribution >= 0.6 is 11.8 Å². The Labute approximate surface area is 76.9 Å². The number of aliphatic imine (C=N–C) groups is 1. The molecular formula is C10H11NS. The number of hydrogen-bond acceptors (Lipinski definition) is 2. The third-order valence-electron chi connectivity index (χ3n) is 1.90. The molecule has 12 heavy (non-hydrogen) atoms. The van der Waals surface area contributed by atoms with Gasteiger partial charge in [0.15, 0.2) is 0 Å². The molecule has 1 atom stereocenters. The summed E-state index contributed by atoms with van der Waals surface area (Å²) in [5, 5.41) is 0.352. The van der Waals surface area contributed by atoms with Crippen molar-refractivity contribution < 1.29 is 0 Å². The van der Waals surface area contributed by atoms with Crippen molar-refractivity contribution in [3.05, 3.63) is 35.4 Å². The summed E-state index contributed by atoms with van der Waals surface area (Å²) < 4.78 is 0. The van der Waals surface area contributed by atoms with E-state index in [9.17, 15) is 0 Å². The molecule has 0 fully saturated rings. The molecule has 0 amide bonds. The molecule has 0 bridgehead atoms. The predicted octanol–water partition coefficient (Wildman–Crippen LogP) is 2.81. The molecule has 62 valence electrons. The van der Waals surface area contributed by atoms with Gasteiger partial charge in [-0.1, -0.05) is 29.8 Å². The van der Waals surface area contributed by atoms with Gasteiger partial charge in [0.2, 0.25) is 0 Å². The Hall–Kier alpha value is -0.760. The minimum absolute atomic E-state index is 0.352. The Kier molecular flexibility index (Phi) is 2.17. The molecule has 1 aliphatic rings. The van der Waals surface area contributed by atoms with Gasteiger partial charge in [-0.3, -0.25) is 4.99 Å². The second kappa shape index (κ2) is 3.31. The van der Waals surface area contributed by atoms with Gasteiger partial charge in [-0.25, -0.2) is 0 Å². The van der Waals surface area contributed by atoms with Gasteiger partial charge in [0.1, 0.15) is 5.37 Å². The van der Waals surface area contributed by atoms with Crippen molar-refractivity contribution in [3.8, 4) is 0 Å². The maximum atomic E-state index is 4.38. The average Bonchev–Trinajstić information content (AvgIpc) is 2.56. The lowest BCUT2D eigenvalue weighted by Gasteiger charge is -2.06. The van der Waals surface area contributed by atoms with E-state index in [4.69, 9.17) is 0 Å². The fraction of sp³-hybridized carbons (Fsp3) is 0.300. The summed E-state index contributed by atoms with van der Waals surface area (Å²) in [5.74, 6) is 1.05. The minimum Gasteiger partial charge on any atom is -0.278 e. The van der Waals surface area contributed by atoms with Crippen LogP contribution in [0.3, 0.4) is 0 Å². The van der Waals surface area contributed by atoms with E-state index in [1.165, 1.54) is 11.1 Å². The number of benzene rings is 1. The maximum absolute atomic E-state index is 4.38. The molecule has 0 radical (unpaired) electrons. The van der Waals surface area contributed by atoms with Gasteiger partial charge < -0.3 is 0 Å². The molecule has 1 aromatic carbocycles. The van der Waals surface area contributed by atoms with Crippen LogP contribution in [0.1, 0.15) is 16.5 Å². The second-order valence-corrected chi connectivity index (χ2v) is 4.04. The lowest BCUT2D eigenvalue weighted by Crippen LogP contribution is -1.86. The van der Waals surface area contributed by atoms with Crippen molar-refractivity contribution in [3.63, 3.8) is 0 Å². The summed E-state index contributed by atoms with van der Waals surface area (Å²) in [7, 11) is 0. The summed E-state index contributed by atoms with van der Waals surface area (Å²) in [6, 6.07) is 8.57. The summed E-state index contributed by atoms with van der Waals surface area (Å²) in [6.45, 7) is 2.12. The van der Waals surface area contributed by atoms with Crippen molar-refractivity contribution in [1.29, 1.82) is 0 Å². The van der Waals surface area contributed by atoms with Gasteiger partial charge >= 0.3 is 0 Å². The van der Waals surface area contributed by atoms with E-state index < -0.39 is 0 Å². The monoisotopic (exact) mass is 177 g/mol. The maximum Gasteiger partial charge on any atom is 0.120 e. The van der Waals surface area contributed by atoms with Crippen LogP contribution in [0.25, 0.3) is 0 Å². The molecule has 1 aromatic rings. The molecule has 0 saturated heterocycles. The van der Waals surface area contributed by atoms with Crippen molar-refractivity contribution >= 4 is 18.0 Å². The van der Waals surface area contributed by atoms with Crippen LogP contribution < -0.4 is 0 Å². The zero-order valence-electron chi connectivity index (χ0n) is 7.03. The number of nitrogens with zero attached hydrogens (tertiary/aromatic N) is 1. The Morgan fingerprint density at radius 3 is 3.08 bits per heavy atom. The first kappa shape index (κ1) is 7.87. The molecule has 1 unspecified atom stereocenters. The van der Waals surface area contributed by atoms with Crippen LogP contribution in [-0.2, 0) is 0 Å². The molecule has 0 saturated carbocycles. The smallest absolute Gasteiger partial charge is 0.120 e. The number of hydrogen-bond donors (Lipinski definition) is 0. The molecule has 0 spiro atoms. The van der Waals surface area contributed by atoms with Crippen molar-refractivity contribution in [2.45, 2.75) is 12.3 Å². The van der Waals surface area contributed by atoms with E-state index in [2.05, 4.69) is 36.2 Å². The first-order valence-electron chi connectivity index (χ1n) is 4.06. The van der Waals surface area contributed by atoms with E-state index in [0.29, 0.717) is 5.37 Å². The first-order chi connectivity index (χ1) is 5.86. The lowest BCUT2D eigenvalue weighted by atomic mass is 10.1. The predicted molar refractivity (Wildman–Crippen MR) is 54.9 cm³/mol. The third kappa shape index (κ3) is 1.53. The van der Waals surface area contributed by atoms with Crippen LogP contribution in [0, 0.1) is 6.92 Å². The largest absolute Gasteiger partial charge is 0.278 e. The van der Waals surface area contributed by atoms with Gasteiger partial charge in [-0.05, 0) is 12.5 Å². The number of rotatable bonds is 1. The zero-order valence-corrected chi connectivity index (χ0v) is 7.84. The highest BCUT2D eigenvalue weighted by Gasteiger charge is 2.12. The topological polar surface area (TPSA) is 12.4 Å². The molecule has 2 heteroatoms. The zero-order chi connectivity index (χ0) is 8.39. The molecule has 0 aromatic heterocycles. The van der Waals surface area contributed by atoms with Crippen molar-refractivity contribution in [2.24, 2.45) is 4.99 Å². The molecule has 0 N–H and O–H groups in total. The standard InChI is InChI=1S/C10H11NS/c1-8-3-2-4-9(7-8)10-11-5-6-12-10/h2-5,7,10H,6H2,1H3. The number of thioether (sulfide) groups is 1. The van der Waals surface area contributed by atoms with E-state index >= 15 is 0 Å². The quantitative estimate of drug-likeness (QED) is 0.642. The van der Waals surface area contributed by atoms with Gasteiger partial charge in [0, 0.05) is 12.0 Å². The molecule has 1 nitrogen and oxygen atoms in total. The van der Waals surface area contributed by atoms with Crippen molar-refractivity contribution in [1.82, 2.24) is 0 Å². The molecular weight excluding hydrogens is 166 g/mol. The van der Waals surface area contributed by atoms with Gasteiger partial charge in [0.05, 0.1) is 0 Å². The molecule has 2 rings (SSSR count). The molecule has 0 aliphatic carbocycles. The van der Waals surface area contributed by atoms with E-state index in [1.807, 2.05) is 18.0 Å². The van der Waals surface area contributed by atoms with Crippen LogP contribution in [0.2, 0.25) is 0 Å². The SMILES string of the molecule is Cc1cccc(C2N=CCS2)c1. The summed E-state index contributed by atoms with van der Waals surface area (Å²) >= 11 is 1.88. The average molecular weight is 177 g/mol. The highest BCUT2D eigenvalue weighted by molar-refractivity contribution is 8.00. The fourth-order valence-electron chi connectivity index (χ4n) is 1.32. The van der Waals surface area contributed by atoms with Crippen LogP contribution in [-0.4, -0.2) is 12.0 Å². The molecule has 1 heterocycles. The normalized spacial score (nSPS) is 21.6. The summed E-state index contributed by atoms with van der Waals surface area (Å²) in [5.41, 5.74) is 2.64. The van der Waals surface area contributed by atoms with Gasteiger partial charge in [-0.15, -0.1) is 11.8 Å².